The van der Waals surface area contributed by atoms with Crippen LogP contribution in [-0.2, 0) is 6.54 Å². The summed E-state index contributed by atoms with van der Waals surface area (Å²) in [5, 5.41) is 4.15. The first-order valence-electron chi connectivity index (χ1n) is 10.0. The van der Waals surface area contributed by atoms with Crippen molar-refractivity contribution in [2.45, 2.75) is 25.4 Å². The zero-order chi connectivity index (χ0) is 20.7. The van der Waals surface area contributed by atoms with E-state index in [2.05, 4.69) is 11.4 Å². The number of nitrogens with zero attached hydrogens (tertiary/aromatic N) is 2. The summed E-state index contributed by atoms with van der Waals surface area (Å²) in [5.74, 6) is -0.582. The second kappa shape index (κ2) is 7.54. The van der Waals surface area contributed by atoms with Gasteiger partial charge < -0.3 is 4.90 Å². The van der Waals surface area contributed by atoms with Crippen LogP contribution in [0.4, 0.5) is 0 Å². The monoisotopic (exact) mass is 416 g/mol. The third-order valence-electron chi connectivity index (χ3n) is 5.83. The highest BCUT2D eigenvalue weighted by Gasteiger charge is 2.35. The van der Waals surface area contributed by atoms with Gasteiger partial charge in [0.2, 0.25) is 0 Å². The Morgan fingerprint density at radius 3 is 2.47 bits per heavy atom. The Morgan fingerprint density at radius 2 is 1.77 bits per heavy atom. The number of thiophene rings is 1. The molecule has 0 spiro atoms. The highest BCUT2D eigenvalue weighted by molar-refractivity contribution is 7.08. The fourth-order valence-electron chi connectivity index (χ4n) is 4.35. The predicted molar refractivity (Wildman–Crippen MR) is 114 cm³/mol. The van der Waals surface area contributed by atoms with E-state index in [4.69, 9.17) is 0 Å². The lowest BCUT2D eigenvalue weighted by atomic mass is 10.1. The summed E-state index contributed by atoms with van der Waals surface area (Å²) < 4.78 is 0. The standard InChI is InChI=1S/C24H20N2O3S/c27-22(25-11-4-9-21(25)18-10-12-30-15-18)17-6-3-5-16(13-17)14-26-23(28)19-7-1-2-8-20(19)24(26)29/h1-3,5-8,10,12-13,15,21H,4,9,11,14H2. The molecule has 5 nitrogen and oxygen atoms in total. The maximum absolute atomic E-state index is 13.2. The van der Waals surface area contributed by atoms with Crippen molar-refractivity contribution in [3.63, 3.8) is 0 Å². The van der Waals surface area contributed by atoms with E-state index in [0.717, 1.165) is 24.9 Å². The van der Waals surface area contributed by atoms with E-state index in [1.54, 1.807) is 47.7 Å². The van der Waals surface area contributed by atoms with Crippen LogP contribution in [0.5, 0.6) is 0 Å². The molecule has 0 saturated carbocycles. The summed E-state index contributed by atoms with van der Waals surface area (Å²) in [4.78, 5) is 41.7. The summed E-state index contributed by atoms with van der Waals surface area (Å²) in [6.45, 7) is 0.892. The molecule has 30 heavy (non-hydrogen) atoms. The maximum atomic E-state index is 13.2. The summed E-state index contributed by atoms with van der Waals surface area (Å²) in [7, 11) is 0. The Balaban J connectivity index is 1.37. The fourth-order valence-corrected chi connectivity index (χ4v) is 5.06. The lowest BCUT2D eigenvalue weighted by molar-refractivity contribution is 0.0642. The van der Waals surface area contributed by atoms with Crippen LogP contribution >= 0.6 is 11.3 Å². The molecule has 2 aromatic carbocycles. The number of likely N-dealkylation sites (tertiary alicyclic amines) is 1. The lowest BCUT2D eigenvalue weighted by Gasteiger charge is -2.24. The minimum Gasteiger partial charge on any atom is -0.332 e. The molecule has 1 aromatic heterocycles. The molecule has 150 valence electrons. The molecule has 1 fully saturated rings. The largest absolute Gasteiger partial charge is 0.332 e. The number of hydrogen-bond acceptors (Lipinski definition) is 4. The Morgan fingerprint density at radius 1 is 1.00 bits per heavy atom. The first-order chi connectivity index (χ1) is 14.6. The molecule has 0 radical (unpaired) electrons. The van der Waals surface area contributed by atoms with E-state index in [9.17, 15) is 14.4 Å². The van der Waals surface area contributed by atoms with Crippen molar-refractivity contribution in [1.82, 2.24) is 9.80 Å². The third-order valence-corrected chi connectivity index (χ3v) is 6.54. The molecular weight excluding hydrogens is 396 g/mol. The smallest absolute Gasteiger partial charge is 0.261 e. The summed E-state index contributed by atoms with van der Waals surface area (Å²) in [6.07, 6.45) is 1.96. The molecule has 1 unspecified atom stereocenters. The van der Waals surface area contributed by atoms with Gasteiger partial charge in [-0.25, -0.2) is 0 Å². The van der Waals surface area contributed by atoms with Gasteiger partial charge in [0.25, 0.3) is 17.7 Å². The number of carbonyl (C=O) groups excluding carboxylic acids is 3. The molecule has 1 saturated heterocycles. The first kappa shape index (κ1) is 18.8. The van der Waals surface area contributed by atoms with Crippen LogP contribution < -0.4 is 0 Å². The number of rotatable bonds is 4. The Labute approximate surface area is 178 Å². The lowest BCUT2D eigenvalue weighted by Crippen LogP contribution is -2.31. The van der Waals surface area contributed by atoms with Gasteiger partial charge in [0.15, 0.2) is 0 Å². The van der Waals surface area contributed by atoms with Crippen molar-refractivity contribution >= 4 is 29.1 Å². The zero-order valence-electron chi connectivity index (χ0n) is 16.3. The summed E-state index contributed by atoms with van der Waals surface area (Å²) in [6, 6.07) is 16.3. The number of hydrogen-bond donors (Lipinski definition) is 0. The molecule has 2 aliphatic heterocycles. The first-order valence-corrected chi connectivity index (χ1v) is 10.9. The van der Waals surface area contributed by atoms with Crippen LogP contribution in [0, 0.1) is 0 Å². The van der Waals surface area contributed by atoms with Gasteiger partial charge in [0, 0.05) is 12.1 Å². The highest BCUT2D eigenvalue weighted by atomic mass is 32.1. The Kier molecular flexibility index (Phi) is 4.71. The van der Waals surface area contributed by atoms with Crippen molar-refractivity contribution in [3.05, 3.63) is 93.2 Å². The van der Waals surface area contributed by atoms with Gasteiger partial charge in [-0.15, -0.1) is 0 Å². The number of carbonyl (C=O) groups is 3. The summed E-state index contributed by atoms with van der Waals surface area (Å²) in [5.41, 5.74) is 3.41. The molecule has 3 heterocycles. The van der Waals surface area contributed by atoms with Crippen molar-refractivity contribution < 1.29 is 14.4 Å². The molecular formula is C24H20N2O3S. The van der Waals surface area contributed by atoms with Crippen LogP contribution in [0.2, 0.25) is 0 Å². The van der Waals surface area contributed by atoms with E-state index < -0.39 is 0 Å². The van der Waals surface area contributed by atoms with E-state index in [-0.39, 0.29) is 30.3 Å². The fraction of sp³-hybridized carbons (Fsp3) is 0.208. The number of imide groups is 1. The van der Waals surface area contributed by atoms with Gasteiger partial charge in [-0.05, 0) is 65.1 Å². The van der Waals surface area contributed by atoms with E-state index in [1.807, 2.05) is 22.4 Å². The quantitative estimate of drug-likeness (QED) is 0.588. The molecule has 0 bridgehead atoms. The Bertz CT molecular complexity index is 1100. The second-order valence-electron chi connectivity index (χ2n) is 7.66. The normalized spacial score (nSPS) is 18.2. The molecule has 2 aliphatic rings. The maximum Gasteiger partial charge on any atom is 0.261 e. The van der Waals surface area contributed by atoms with Gasteiger partial charge in [0.1, 0.15) is 0 Å². The molecule has 1 atom stereocenters. The SMILES string of the molecule is O=C1c2ccccc2C(=O)N1Cc1cccc(C(=O)N2CCCC2c2ccsc2)c1. The van der Waals surface area contributed by atoms with Gasteiger partial charge in [-0.3, -0.25) is 19.3 Å². The summed E-state index contributed by atoms with van der Waals surface area (Å²) >= 11 is 1.64. The van der Waals surface area contributed by atoms with Crippen LogP contribution in [0.25, 0.3) is 0 Å². The number of amides is 3. The van der Waals surface area contributed by atoms with Crippen LogP contribution in [0.15, 0.2) is 65.4 Å². The average molecular weight is 417 g/mol. The van der Waals surface area contributed by atoms with Gasteiger partial charge in [-0.1, -0.05) is 24.3 Å². The molecule has 0 aliphatic carbocycles. The van der Waals surface area contributed by atoms with Crippen molar-refractivity contribution in [2.75, 3.05) is 6.54 Å². The van der Waals surface area contributed by atoms with Crippen LogP contribution in [-0.4, -0.2) is 34.1 Å². The van der Waals surface area contributed by atoms with E-state index in [0.29, 0.717) is 16.7 Å². The van der Waals surface area contributed by atoms with Crippen molar-refractivity contribution in [3.8, 4) is 0 Å². The van der Waals surface area contributed by atoms with E-state index >= 15 is 0 Å². The van der Waals surface area contributed by atoms with Gasteiger partial charge in [0.05, 0.1) is 23.7 Å². The highest BCUT2D eigenvalue weighted by Crippen LogP contribution is 2.34. The second-order valence-corrected chi connectivity index (χ2v) is 8.44. The molecule has 3 aromatic rings. The minimum absolute atomic E-state index is 0.00656. The molecule has 6 heteroatoms. The molecule has 3 amide bonds. The van der Waals surface area contributed by atoms with Gasteiger partial charge in [-0.2, -0.15) is 11.3 Å². The molecule has 5 rings (SSSR count). The predicted octanol–water partition coefficient (Wildman–Crippen LogP) is 4.52. The zero-order valence-corrected chi connectivity index (χ0v) is 17.1. The number of fused-ring (bicyclic) bond motifs is 1. The van der Waals surface area contributed by atoms with Crippen LogP contribution in [0.3, 0.4) is 0 Å². The molecule has 0 N–H and O–H groups in total. The minimum atomic E-state index is -0.288. The Hall–Kier alpha value is -3.25. The van der Waals surface area contributed by atoms with E-state index in [1.165, 1.54) is 10.5 Å². The van der Waals surface area contributed by atoms with Crippen molar-refractivity contribution in [1.29, 1.82) is 0 Å². The average Bonchev–Trinajstić information content (AvgIpc) is 3.51. The van der Waals surface area contributed by atoms with Gasteiger partial charge >= 0.3 is 0 Å². The van der Waals surface area contributed by atoms with Crippen molar-refractivity contribution in [2.24, 2.45) is 0 Å². The topological polar surface area (TPSA) is 57.7 Å². The number of benzene rings is 2. The van der Waals surface area contributed by atoms with Crippen LogP contribution in [0.1, 0.15) is 61.1 Å². The third kappa shape index (κ3) is 3.13.